The number of nitrogens with zero attached hydrogens (tertiary/aromatic N) is 3. The van der Waals surface area contributed by atoms with Gasteiger partial charge in [-0.25, -0.2) is 18.4 Å². The third-order valence-corrected chi connectivity index (χ3v) is 6.09. The maximum absolute atomic E-state index is 11.8. The largest absolute Gasteiger partial charge is 0.353 e. The smallest absolute Gasteiger partial charge is 0.152 e. The van der Waals surface area contributed by atoms with Crippen LogP contribution >= 0.6 is 0 Å². The van der Waals surface area contributed by atoms with Crippen LogP contribution in [0.25, 0.3) is 0 Å². The van der Waals surface area contributed by atoms with E-state index in [-0.39, 0.29) is 17.5 Å². The summed E-state index contributed by atoms with van der Waals surface area (Å²) in [5.74, 6) is 1.91. The van der Waals surface area contributed by atoms with Gasteiger partial charge in [-0.05, 0) is 31.9 Å². The molecule has 0 aliphatic carbocycles. The van der Waals surface area contributed by atoms with Gasteiger partial charge in [0, 0.05) is 24.3 Å². The summed E-state index contributed by atoms with van der Waals surface area (Å²) in [5.41, 5.74) is 2.13. The standard InChI is InChI=1S/C17H22N4O2S/c1-3-21(14-8-9-24(22,23)11-14)17-10-16(18-12-19-17)20-15-7-5-4-6-13(15)2/h4-7,10,12,14H,3,8-9,11H2,1-2H3,(H,18,19,20). The van der Waals surface area contributed by atoms with Crippen LogP contribution < -0.4 is 10.2 Å². The summed E-state index contributed by atoms with van der Waals surface area (Å²) in [4.78, 5) is 10.7. The zero-order valence-electron chi connectivity index (χ0n) is 13.9. The Hall–Kier alpha value is -2.15. The monoisotopic (exact) mass is 346 g/mol. The third-order valence-electron chi connectivity index (χ3n) is 4.34. The highest BCUT2D eigenvalue weighted by atomic mass is 32.2. The molecule has 128 valence electrons. The molecule has 1 aromatic carbocycles. The lowest BCUT2D eigenvalue weighted by atomic mass is 10.2. The van der Waals surface area contributed by atoms with Crippen LogP contribution in [0.1, 0.15) is 18.9 Å². The molecule has 2 aromatic rings. The highest BCUT2D eigenvalue weighted by Gasteiger charge is 2.32. The number of sulfone groups is 1. The molecule has 0 saturated carbocycles. The molecule has 3 rings (SSSR count). The number of para-hydroxylation sites is 1. The Morgan fingerprint density at radius 2 is 2.08 bits per heavy atom. The SMILES string of the molecule is CCN(c1cc(Nc2ccccc2C)ncn1)C1CCS(=O)(=O)C1. The van der Waals surface area contributed by atoms with E-state index in [0.717, 1.165) is 17.1 Å². The van der Waals surface area contributed by atoms with Crippen LogP contribution in [-0.2, 0) is 9.84 Å². The fraction of sp³-hybridized carbons (Fsp3) is 0.412. The molecule has 0 radical (unpaired) electrons. The van der Waals surface area contributed by atoms with Crippen LogP contribution in [0.4, 0.5) is 17.3 Å². The summed E-state index contributed by atoms with van der Waals surface area (Å²) in [6.07, 6.45) is 2.17. The van der Waals surface area contributed by atoms with Crippen molar-refractivity contribution in [1.29, 1.82) is 0 Å². The molecule has 24 heavy (non-hydrogen) atoms. The summed E-state index contributed by atoms with van der Waals surface area (Å²) < 4.78 is 23.5. The van der Waals surface area contributed by atoms with Gasteiger partial charge in [0.2, 0.25) is 0 Å². The molecule has 1 unspecified atom stereocenters. The van der Waals surface area contributed by atoms with Crippen LogP contribution in [0.5, 0.6) is 0 Å². The van der Waals surface area contributed by atoms with E-state index in [0.29, 0.717) is 18.8 Å². The minimum Gasteiger partial charge on any atom is -0.353 e. The Morgan fingerprint density at radius 3 is 2.75 bits per heavy atom. The Bertz CT molecular complexity index is 823. The van der Waals surface area contributed by atoms with Crippen molar-refractivity contribution < 1.29 is 8.42 Å². The second kappa shape index (κ2) is 6.76. The van der Waals surface area contributed by atoms with Gasteiger partial charge in [0.1, 0.15) is 18.0 Å². The van der Waals surface area contributed by atoms with E-state index in [4.69, 9.17) is 0 Å². The first-order chi connectivity index (χ1) is 11.5. The summed E-state index contributed by atoms with van der Waals surface area (Å²) in [5, 5.41) is 3.30. The van der Waals surface area contributed by atoms with Crippen molar-refractivity contribution in [2.45, 2.75) is 26.3 Å². The first kappa shape index (κ1) is 16.7. The second-order valence-corrected chi connectivity index (χ2v) is 8.27. The number of aromatic nitrogens is 2. The van der Waals surface area contributed by atoms with Crippen molar-refractivity contribution in [2.24, 2.45) is 0 Å². The Balaban J connectivity index is 1.83. The number of anilines is 3. The van der Waals surface area contributed by atoms with Crippen molar-refractivity contribution in [3.63, 3.8) is 0 Å². The molecule has 0 bridgehead atoms. The lowest BCUT2D eigenvalue weighted by molar-refractivity contribution is 0.599. The van der Waals surface area contributed by atoms with E-state index < -0.39 is 9.84 Å². The predicted molar refractivity (Wildman–Crippen MR) is 96.6 cm³/mol. The van der Waals surface area contributed by atoms with Crippen molar-refractivity contribution in [3.05, 3.63) is 42.2 Å². The van der Waals surface area contributed by atoms with E-state index in [9.17, 15) is 8.42 Å². The average Bonchev–Trinajstić information content (AvgIpc) is 2.91. The molecule has 1 aliphatic heterocycles. The third kappa shape index (κ3) is 3.67. The zero-order valence-corrected chi connectivity index (χ0v) is 14.8. The van der Waals surface area contributed by atoms with Crippen LogP contribution in [0, 0.1) is 6.92 Å². The van der Waals surface area contributed by atoms with Gasteiger partial charge in [0.05, 0.1) is 11.5 Å². The van der Waals surface area contributed by atoms with Crippen LogP contribution in [-0.4, -0.2) is 42.5 Å². The molecule has 1 aliphatic rings. The maximum Gasteiger partial charge on any atom is 0.152 e. The fourth-order valence-electron chi connectivity index (χ4n) is 3.05. The second-order valence-electron chi connectivity index (χ2n) is 6.04. The van der Waals surface area contributed by atoms with Crippen LogP contribution in [0.3, 0.4) is 0 Å². The summed E-state index contributed by atoms with van der Waals surface area (Å²) in [7, 11) is -2.92. The molecule has 1 fully saturated rings. The van der Waals surface area contributed by atoms with Crippen molar-refractivity contribution in [2.75, 3.05) is 28.3 Å². The Labute approximate surface area is 142 Å². The quantitative estimate of drug-likeness (QED) is 0.897. The van der Waals surface area contributed by atoms with E-state index in [1.165, 1.54) is 6.33 Å². The molecule has 0 spiro atoms. The molecule has 1 atom stereocenters. The Morgan fingerprint density at radius 1 is 1.29 bits per heavy atom. The van der Waals surface area contributed by atoms with Crippen LogP contribution in [0.15, 0.2) is 36.7 Å². The van der Waals surface area contributed by atoms with Gasteiger partial charge in [0.15, 0.2) is 9.84 Å². The van der Waals surface area contributed by atoms with E-state index in [2.05, 4.69) is 20.2 Å². The minimum absolute atomic E-state index is 0.0128. The number of benzene rings is 1. The maximum atomic E-state index is 11.8. The van der Waals surface area contributed by atoms with E-state index in [1.807, 2.05) is 44.2 Å². The van der Waals surface area contributed by atoms with Gasteiger partial charge in [-0.2, -0.15) is 0 Å². The van der Waals surface area contributed by atoms with E-state index in [1.54, 1.807) is 0 Å². The van der Waals surface area contributed by atoms with Crippen LogP contribution in [0.2, 0.25) is 0 Å². The number of aryl methyl sites for hydroxylation is 1. The fourth-order valence-corrected chi connectivity index (χ4v) is 4.78. The number of hydrogen-bond acceptors (Lipinski definition) is 6. The van der Waals surface area contributed by atoms with Gasteiger partial charge >= 0.3 is 0 Å². The molecule has 6 nitrogen and oxygen atoms in total. The first-order valence-electron chi connectivity index (χ1n) is 8.10. The van der Waals surface area contributed by atoms with Gasteiger partial charge in [-0.15, -0.1) is 0 Å². The molecule has 2 heterocycles. The Kier molecular flexibility index (Phi) is 4.71. The summed E-state index contributed by atoms with van der Waals surface area (Å²) in [6, 6.07) is 9.86. The molecular weight excluding hydrogens is 324 g/mol. The molecule has 1 aromatic heterocycles. The normalized spacial score (nSPS) is 19.2. The average molecular weight is 346 g/mol. The van der Waals surface area contributed by atoms with Crippen molar-refractivity contribution in [1.82, 2.24) is 9.97 Å². The van der Waals surface area contributed by atoms with Gasteiger partial charge in [0.25, 0.3) is 0 Å². The number of nitrogens with one attached hydrogen (secondary N) is 1. The highest BCUT2D eigenvalue weighted by molar-refractivity contribution is 7.91. The lowest BCUT2D eigenvalue weighted by Gasteiger charge is -2.28. The number of rotatable bonds is 5. The van der Waals surface area contributed by atoms with Crippen molar-refractivity contribution >= 4 is 27.2 Å². The van der Waals surface area contributed by atoms with Gasteiger partial charge in [-0.3, -0.25) is 0 Å². The van der Waals surface area contributed by atoms with Gasteiger partial charge in [-0.1, -0.05) is 18.2 Å². The predicted octanol–water partition coefficient (Wildman–Crippen LogP) is 2.54. The molecule has 1 N–H and O–H groups in total. The number of hydrogen-bond donors (Lipinski definition) is 1. The summed E-state index contributed by atoms with van der Waals surface area (Å²) in [6.45, 7) is 4.76. The molecule has 1 saturated heterocycles. The highest BCUT2D eigenvalue weighted by Crippen LogP contribution is 2.25. The topological polar surface area (TPSA) is 75.2 Å². The molecular formula is C17H22N4O2S. The molecule has 0 amide bonds. The zero-order chi connectivity index (χ0) is 17.2. The molecule has 7 heteroatoms. The first-order valence-corrected chi connectivity index (χ1v) is 9.92. The van der Waals surface area contributed by atoms with Crippen molar-refractivity contribution in [3.8, 4) is 0 Å². The van der Waals surface area contributed by atoms with Gasteiger partial charge < -0.3 is 10.2 Å². The summed E-state index contributed by atoms with van der Waals surface area (Å²) >= 11 is 0. The lowest BCUT2D eigenvalue weighted by Crippen LogP contribution is -2.36. The minimum atomic E-state index is -2.92. The van der Waals surface area contributed by atoms with E-state index >= 15 is 0 Å².